The number of ether oxygens (including phenoxy) is 1. The predicted molar refractivity (Wildman–Crippen MR) is 91.9 cm³/mol. The summed E-state index contributed by atoms with van der Waals surface area (Å²) >= 11 is 0. The summed E-state index contributed by atoms with van der Waals surface area (Å²) in [5.74, 6) is 0.823. The standard InChI is InChI=1S/C17H25N3O3S/c1-2-18-6-8-19(9-7-18)15-12-20(13-15)24(21,22)16-3-4-17-14(11-16)5-10-23-17/h3-4,11,15H,2,5-10,12-13H2,1H3. The molecule has 0 aromatic heterocycles. The minimum Gasteiger partial charge on any atom is -0.493 e. The Hall–Kier alpha value is -1.15. The van der Waals surface area contributed by atoms with E-state index in [0.29, 0.717) is 30.6 Å². The average Bonchev–Trinajstić information content (AvgIpc) is 3.01. The van der Waals surface area contributed by atoms with Crippen molar-refractivity contribution < 1.29 is 13.2 Å². The predicted octanol–water partition coefficient (Wildman–Crippen LogP) is 0.632. The number of sulfonamides is 1. The zero-order valence-corrected chi connectivity index (χ0v) is 15.0. The lowest BCUT2D eigenvalue weighted by atomic mass is 10.1. The second-order valence-electron chi connectivity index (χ2n) is 6.81. The average molecular weight is 351 g/mol. The van der Waals surface area contributed by atoms with E-state index in [-0.39, 0.29) is 0 Å². The molecule has 0 atom stereocenters. The van der Waals surface area contributed by atoms with Crippen LogP contribution in [0.15, 0.2) is 23.1 Å². The van der Waals surface area contributed by atoms with E-state index in [2.05, 4.69) is 16.7 Å². The normalized spacial score (nSPS) is 23.7. The highest BCUT2D eigenvalue weighted by atomic mass is 32.2. The summed E-state index contributed by atoms with van der Waals surface area (Å²) in [7, 11) is -3.37. The summed E-state index contributed by atoms with van der Waals surface area (Å²) < 4.78 is 32.7. The van der Waals surface area contributed by atoms with Crippen LogP contribution in [0.1, 0.15) is 12.5 Å². The van der Waals surface area contributed by atoms with E-state index in [1.54, 1.807) is 22.5 Å². The molecule has 0 aliphatic carbocycles. The largest absolute Gasteiger partial charge is 0.493 e. The van der Waals surface area contributed by atoms with Crippen LogP contribution in [0.25, 0.3) is 0 Å². The summed E-state index contributed by atoms with van der Waals surface area (Å²) in [6, 6.07) is 5.62. The van der Waals surface area contributed by atoms with Crippen molar-refractivity contribution in [3.05, 3.63) is 23.8 Å². The molecular weight excluding hydrogens is 326 g/mol. The molecule has 0 N–H and O–H groups in total. The first-order valence-electron chi connectivity index (χ1n) is 8.80. The first-order valence-corrected chi connectivity index (χ1v) is 10.2. The Bertz CT molecular complexity index is 708. The van der Waals surface area contributed by atoms with Gasteiger partial charge in [-0.05, 0) is 30.3 Å². The van der Waals surface area contributed by atoms with E-state index in [4.69, 9.17) is 4.74 Å². The van der Waals surface area contributed by atoms with Gasteiger partial charge < -0.3 is 9.64 Å². The van der Waals surface area contributed by atoms with Crippen molar-refractivity contribution in [2.24, 2.45) is 0 Å². The molecule has 7 heteroatoms. The van der Waals surface area contributed by atoms with Crippen LogP contribution in [0.4, 0.5) is 0 Å². The minimum atomic E-state index is -3.37. The molecule has 132 valence electrons. The number of likely N-dealkylation sites (N-methyl/N-ethyl adjacent to an activating group) is 1. The molecule has 0 radical (unpaired) electrons. The molecule has 0 unspecified atom stereocenters. The van der Waals surface area contributed by atoms with Gasteiger partial charge in [-0.15, -0.1) is 0 Å². The summed E-state index contributed by atoms with van der Waals surface area (Å²) in [4.78, 5) is 5.28. The maximum atomic E-state index is 12.8. The van der Waals surface area contributed by atoms with Crippen LogP contribution in [0, 0.1) is 0 Å². The van der Waals surface area contributed by atoms with Gasteiger partial charge in [-0.1, -0.05) is 6.92 Å². The molecule has 0 bridgehead atoms. The number of piperazine rings is 1. The van der Waals surface area contributed by atoms with Crippen LogP contribution >= 0.6 is 0 Å². The zero-order chi connectivity index (χ0) is 16.7. The fourth-order valence-corrected chi connectivity index (χ4v) is 5.33. The van der Waals surface area contributed by atoms with E-state index >= 15 is 0 Å². The Labute approximate surface area is 144 Å². The van der Waals surface area contributed by atoms with Gasteiger partial charge in [-0.2, -0.15) is 4.31 Å². The highest BCUT2D eigenvalue weighted by Crippen LogP contribution is 2.31. The lowest BCUT2D eigenvalue weighted by molar-refractivity contribution is 0.0425. The van der Waals surface area contributed by atoms with Gasteiger partial charge in [-0.25, -0.2) is 8.42 Å². The third-order valence-corrected chi connectivity index (χ3v) is 7.33. The molecule has 1 aromatic rings. The summed E-state index contributed by atoms with van der Waals surface area (Å²) in [5.41, 5.74) is 1.00. The molecule has 0 saturated carbocycles. The molecule has 24 heavy (non-hydrogen) atoms. The van der Waals surface area contributed by atoms with E-state index in [1.807, 2.05) is 0 Å². The smallest absolute Gasteiger partial charge is 0.243 e. The van der Waals surface area contributed by atoms with Gasteiger partial charge in [-0.3, -0.25) is 4.90 Å². The molecule has 2 saturated heterocycles. The van der Waals surface area contributed by atoms with Gasteiger partial charge in [0.25, 0.3) is 0 Å². The van der Waals surface area contributed by atoms with Crippen molar-refractivity contribution in [1.82, 2.24) is 14.1 Å². The van der Waals surface area contributed by atoms with Gasteiger partial charge >= 0.3 is 0 Å². The van der Waals surface area contributed by atoms with Crippen LogP contribution in [-0.4, -0.2) is 81.0 Å². The number of hydrogen-bond acceptors (Lipinski definition) is 5. The Morgan fingerprint density at radius 2 is 1.92 bits per heavy atom. The molecule has 2 fully saturated rings. The zero-order valence-electron chi connectivity index (χ0n) is 14.1. The molecule has 6 nitrogen and oxygen atoms in total. The quantitative estimate of drug-likeness (QED) is 0.797. The highest BCUT2D eigenvalue weighted by Gasteiger charge is 2.40. The first kappa shape index (κ1) is 16.3. The van der Waals surface area contributed by atoms with E-state index < -0.39 is 10.0 Å². The Kier molecular flexibility index (Phi) is 4.28. The Morgan fingerprint density at radius 3 is 2.62 bits per heavy atom. The number of fused-ring (bicyclic) bond motifs is 1. The van der Waals surface area contributed by atoms with Gasteiger partial charge in [0.2, 0.25) is 10.0 Å². The van der Waals surface area contributed by atoms with Crippen LogP contribution in [0.3, 0.4) is 0 Å². The SMILES string of the molecule is CCN1CCN(C2CN(S(=O)(=O)c3ccc4c(c3)CCO4)C2)CC1. The van der Waals surface area contributed by atoms with Gasteiger partial charge in [0.15, 0.2) is 0 Å². The van der Waals surface area contributed by atoms with Crippen LogP contribution in [0.2, 0.25) is 0 Å². The minimum absolute atomic E-state index is 0.372. The molecule has 3 heterocycles. The highest BCUT2D eigenvalue weighted by molar-refractivity contribution is 7.89. The maximum absolute atomic E-state index is 12.8. The van der Waals surface area contributed by atoms with Crippen molar-refractivity contribution >= 4 is 10.0 Å². The van der Waals surface area contributed by atoms with Gasteiger partial charge in [0.05, 0.1) is 11.5 Å². The summed E-state index contributed by atoms with van der Waals surface area (Å²) in [6.07, 6.45) is 0.795. The van der Waals surface area contributed by atoms with Crippen LogP contribution in [-0.2, 0) is 16.4 Å². The second-order valence-corrected chi connectivity index (χ2v) is 8.75. The van der Waals surface area contributed by atoms with Crippen LogP contribution in [0.5, 0.6) is 5.75 Å². The fourth-order valence-electron chi connectivity index (χ4n) is 3.76. The third kappa shape index (κ3) is 2.83. The lowest BCUT2D eigenvalue weighted by Gasteiger charge is -2.47. The molecule has 0 amide bonds. The topological polar surface area (TPSA) is 53.1 Å². The molecule has 1 aromatic carbocycles. The van der Waals surface area contributed by atoms with Gasteiger partial charge in [0.1, 0.15) is 5.75 Å². The van der Waals surface area contributed by atoms with Crippen LogP contribution < -0.4 is 4.74 Å². The van der Waals surface area contributed by atoms with Crippen molar-refractivity contribution in [1.29, 1.82) is 0 Å². The Balaban J connectivity index is 1.39. The van der Waals surface area contributed by atoms with Crippen molar-refractivity contribution in [3.8, 4) is 5.75 Å². The molecule has 4 rings (SSSR count). The van der Waals surface area contributed by atoms with Crippen molar-refractivity contribution in [3.63, 3.8) is 0 Å². The van der Waals surface area contributed by atoms with Gasteiger partial charge in [0, 0.05) is 51.7 Å². The van der Waals surface area contributed by atoms with Crippen molar-refractivity contribution in [2.75, 3.05) is 52.4 Å². The molecule has 0 spiro atoms. The summed E-state index contributed by atoms with van der Waals surface area (Å²) in [5, 5.41) is 0. The monoisotopic (exact) mass is 351 g/mol. The van der Waals surface area contributed by atoms with E-state index in [1.165, 1.54) is 0 Å². The molecular formula is C17H25N3O3S. The van der Waals surface area contributed by atoms with E-state index in [0.717, 1.165) is 50.5 Å². The molecule has 3 aliphatic rings. The number of nitrogens with zero attached hydrogens (tertiary/aromatic N) is 3. The second kappa shape index (κ2) is 6.29. The lowest BCUT2D eigenvalue weighted by Crippen LogP contribution is -2.64. The summed E-state index contributed by atoms with van der Waals surface area (Å²) in [6.45, 7) is 9.43. The third-order valence-electron chi connectivity index (χ3n) is 5.50. The first-order chi connectivity index (χ1) is 11.6. The number of rotatable bonds is 4. The Morgan fingerprint density at radius 1 is 1.17 bits per heavy atom. The van der Waals surface area contributed by atoms with Crippen molar-refractivity contribution in [2.45, 2.75) is 24.3 Å². The number of hydrogen-bond donors (Lipinski definition) is 0. The fraction of sp³-hybridized carbons (Fsp3) is 0.647. The number of benzene rings is 1. The van der Waals surface area contributed by atoms with E-state index in [9.17, 15) is 8.42 Å². The molecule has 3 aliphatic heterocycles. The maximum Gasteiger partial charge on any atom is 0.243 e.